The van der Waals surface area contributed by atoms with Gasteiger partial charge in [0.25, 0.3) is 0 Å². The summed E-state index contributed by atoms with van der Waals surface area (Å²) in [5.41, 5.74) is 6.24. The van der Waals surface area contributed by atoms with E-state index >= 15 is 0 Å². The first-order valence-electron chi connectivity index (χ1n) is 14.1. The van der Waals surface area contributed by atoms with Crippen LogP contribution >= 0.6 is 0 Å². The van der Waals surface area contributed by atoms with E-state index in [1.165, 1.54) is 22.3 Å². The fourth-order valence-corrected chi connectivity index (χ4v) is 4.40. The van der Waals surface area contributed by atoms with Gasteiger partial charge >= 0.3 is 0 Å². The van der Waals surface area contributed by atoms with Crippen molar-refractivity contribution in [3.05, 3.63) is 127 Å². The maximum atomic E-state index is 12.9. The Labute approximate surface area is 242 Å². The molecule has 0 spiro atoms. The fourth-order valence-electron chi connectivity index (χ4n) is 4.40. The van der Waals surface area contributed by atoms with E-state index in [0.717, 1.165) is 17.7 Å². The summed E-state index contributed by atoms with van der Waals surface area (Å²) in [7, 11) is 1.81. The van der Waals surface area contributed by atoms with Crippen molar-refractivity contribution >= 4 is 17.1 Å². The van der Waals surface area contributed by atoms with E-state index in [9.17, 15) is 4.79 Å². The number of ether oxygens (including phenoxy) is 1. The Morgan fingerprint density at radius 1 is 0.900 bits per heavy atom. The van der Waals surface area contributed by atoms with Crippen LogP contribution in [-0.2, 0) is 4.79 Å². The molecular formula is C36H46N2O2. The van der Waals surface area contributed by atoms with Gasteiger partial charge in [0, 0.05) is 19.3 Å². The zero-order valence-corrected chi connectivity index (χ0v) is 25.2. The summed E-state index contributed by atoms with van der Waals surface area (Å²) in [4.78, 5) is 14.7. The number of likely N-dealkylation sites (N-methyl/N-ethyl adjacent to an activating group) is 1. The predicted octanol–water partition coefficient (Wildman–Crippen LogP) is 8.23. The van der Waals surface area contributed by atoms with Crippen LogP contribution < -0.4 is 10.1 Å². The molecule has 40 heavy (non-hydrogen) atoms. The molecule has 3 aromatic carbocycles. The van der Waals surface area contributed by atoms with Crippen LogP contribution in [0.2, 0.25) is 0 Å². The number of amides is 1. The van der Waals surface area contributed by atoms with Crippen molar-refractivity contribution in [3.63, 3.8) is 0 Å². The van der Waals surface area contributed by atoms with E-state index in [1.54, 1.807) is 11.0 Å². The molecule has 0 aliphatic carbocycles. The van der Waals surface area contributed by atoms with Crippen LogP contribution in [0.4, 0.5) is 0 Å². The summed E-state index contributed by atoms with van der Waals surface area (Å²) in [5, 5.41) is 3.14. The normalized spacial score (nSPS) is 11.3. The second-order valence-corrected chi connectivity index (χ2v) is 10.0. The maximum absolute atomic E-state index is 12.9. The standard InChI is InChI=1S/C34H40N2O2.C2H6/c1-7-26(3)35-25-34(4,5)33(37)36(6)23-24-38-30-21-19-29(20-22-30)32(28-17-13-10-14-18-28)31(8-2)27-15-11-9-12-16-27;1-2/h7,9-22,35H,1,3,8,23-25H2,2,4-6H3;1-2H3/b32-31-;. The molecule has 1 N–H and O–H groups in total. The Morgan fingerprint density at radius 3 is 1.95 bits per heavy atom. The minimum absolute atomic E-state index is 0.0476. The molecule has 4 heteroatoms. The quantitative estimate of drug-likeness (QED) is 0.176. The molecule has 0 fully saturated rings. The number of hydrogen-bond donors (Lipinski definition) is 1. The minimum atomic E-state index is -0.571. The monoisotopic (exact) mass is 538 g/mol. The van der Waals surface area contributed by atoms with Gasteiger partial charge in [-0.3, -0.25) is 4.79 Å². The second kappa shape index (κ2) is 16.1. The summed E-state index contributed by atoms with van der Waals surface area (Å²) in [5.74, 6) is 0.828. The number of nitrogens with zero attached hydrogens (tertiary/aromatic N) is 1. The van der Waals surface area contributed by atoms with Crippen LogP contribution in [0.15, 0.2) is 110 Å². The lowest BCUT2D eigenvalue weighted by molar-refractivity contribution is -0.139. The number of allylic oxidation sites excluding steroid dienone is 2. The fraction of sp³-hybridized carbons (Fsp3) is 0.306. The Balaban J connectivity index is 0.00000274. The van der Waals surface area contributed by atoms with Crippen molar-refractivity contribution in [2.24, 2.45) is 5.41 Å². The van der Waals surface area contributed by atoms with Gasteiger partial charge in [-0.2, -0.15) is 0 Å². The highest BCUT2D eigenvalue weighted by Gasteiger charge is 2.30. The molecule has 0 bridgehead atoms. The highest BCUT2D eigenvalue weighted by Crippen LogP contribution is 2.34. The first kappa shape index (κ1) is 32.2. The number of carbonyl (C=O) groups excluding carboxylic acids is 1. The number of carbonyl (C=O) groups is 1. The summed E-state index contributed by atoms with van der Waals surface area (Å²) in [6.07, 6.45) is 2.56. The van der Waals surface area contributed by atoms with Crippen molar-refractivity contribution in [1.82, 2.24) is 10.2 Å². The molecule has 0 aliphatic heterocycles. The van der Waals surface area contributed by atoms with Crippen molar-refractivity contribution < 1.29 is 9.53 Å². The summed E-state index contributed by atoms with van der Waals surface area (Å²) in [6, 6.07) is 29.3. The van der Waals surface area contributed by atoms with Crippen molar-refractivity contribution in [3.8, 4) is 5.75 Å². The van der Waals surface area contributed by atoms with Gasteiger partial charge in [-0.15, -0.1) is 0 Å². The third-order valence-corrected chi connectivity index (χ3v) is 6.61. The first-order chi connectivity index (χ1) is 19.3. The van der Waals surface area contributed by atoms with Crippen LogP contribution in [0.25, 0.3) is 11.1 Å². The SMILES string of the molecule is C=CC(=C)NCC(C)(C)C(=O)N(C)CCOc1ccc(/C(=C(/CC)c2ccccc2)c2ccccc2)cc1.CC. The van der Waals surface area contributed by atoms with Gasteiger partial charge in [0.15, 0.2) is 0 Å². The smallest absolute Gasteiger partial charge is 0.229 e. The van der Waals surface area contributed by atoms with Gasteiger partial charge in [-0.25, -0.2) is 0 Å². The highest BCUT2D eigenvalue weighted by molar-refractivity contribution is 5.98. The molecule has 0 saturated heterocycles. The lowest BCUT2D eigenvalue weighted by atomic mass is 9.88. The van der Waals surface area contributed by atoms with Crippen LogP contribution in [0.3, 0.4) is 0 Å². The number of rotatable bonds is 13. The highest BCUT2D eigenvalue weighted by atomic mass is 16.5. The molecular weight excluding hydrogens is 492 g/mol. The van der Waals surface area contributed by atoms with E-state index in [-0.39, 0.29) is 5.91 Å². The summed E-state index contributed by atoms with van der Waals surface area (Å²) < 4.78 is 6.01. The van der Waals surface area contributed by atoms with Gasteiger partial charge < -0.3 is 15.0 Å². The zero-order valence-electron chi connectivity index (χ0n) is 25.2. The van der Waals surface area contributed by atoms with Gasteiger partial charge in [0.05, 0.1) is 12.0 Å². The molecule has 0 radical (unpaired) electrons. The van der Waals surface area contributed by atoms with Gasteiger partial charge in [-0.05, 0) is 66.3 Å². The third-order valence-electron chi connectivity index (χ3n) is 6.61. The average Bonchev–Trinajstić information content (AvgIpc) is 3.00. The van der Waals surface area contributed by atoms with E-state index in [0.29, 0.717) is 25.4 Å². The first-order valence-corrected chi connectivity index (χ1v) is 14.1. The predicted molar refractivity (Wildman–Crippen MR) is 171 cm³/mol. The van der Waals surface area contributed by atoms with Gasteiger partial charge in [-0.1, -0.05) is 107 Å². The number of nitrogens with one attached hydrogen (secondary N) is 1. The molecule has 0 aromatic heterocycles. The molecule has 0 unspecified atom stereocenters. The van der Waals surface area contributed by atoms with E-state index in [4.69, 9.17) is 4.74 Å². The lowest BCUT2D eigenvalue weighted by Crippen LogP contribution is -2.45. The largest absolute Gasteiger partial charge is 0.492 e. The van der Waals surface area contributed by atoms with E-state index < -0.39 is 5.41 Å². The Hall–Kier alpha value is -4.05. The second-order valence-electron chi connectivity index (χ2n) is 10.0. The Morgan fingerprint density at radius 2 is 1.43 bits per heavy atom. The Bertz CT molecular complexity index is 1240. The number of benzene rings is 3. The van der Waals surface area contributed by atoms with Crippen molar-refractivity contribution in [2.75, 3.05) is 26.7 Å². The van der Waals surface area contributed by atoms with Gasteiger partial charge in [0.1, 0.15) is 12.4 Å². The van der Waals surface area contributed by atoms with Gasteiger partial charge in [0.2, 0.25) is 5.91 Å². The molecule has 1 amide bonds. The van der Waals surface area contributed by atoms with Crippen LogP contribution in [-0.4, -0.2) is 37.6 Å². The minimum Gasteiger partial charge on any atom is -0.492 e. The summed E-state index contributed by atoms with van der Waals surface area (Å²) >= 11 is 0. The molecule has 0 atom stereocenters. The molecule has 0 aliphatic rings. The lowest BCUT2D eigenvalue weighted by Gasteiger charge is -2.30. The topological polar surface area (TPSA) is 41.6 Å². The van der Waals surface area contributed by atoms with Crippen molar-refractivity contribution in [2.45, 2.75) is 41.0 Å². The van der Waals surface area contributed by atoms with Crippen LogP contribution in [0.5, 0.6) is 5.75 Å². The molecule has 3 rings (SSSR count). The van der Waals surface area contributed by atoms with E-state index in [2.05, 4.69) is 86.1 Å². The van der Waals surface area contributed by atoms with Crippen LogP contribution in [0.1, 0.15) is 57.7 Å². The molecule has 0 heterocycles. The van der Waals surface area contributed by atoms with Crippen molar-refractivity contribution in [1.29, 1.82) is 0 Å². The average molecular weight is 539 g/mol. The third kappa shape index (κ3) is 9.01. The maximum Gasteiger partial charge on any atom is 0.229 e. The molecule has 0 saturated carbocycles. The van der Waals surface area contributed by atoms with E-state index in [1.807, 2.05) is 59.0 Å². The van der Waals surface area contributed by atoms with Crippen LogP contribution in [0, 0.1) is 5.41 Å². The number of hydrogen-bond acceptors (Lipinski definition) is 3. The Kier molecular flexibility index (Phi) is 13.0. The molecule has 4 nitrogen and oxygen atoms in total. The summed E-state index contributed by atoms with van der Waals surface area (Å²) in [6.45, 7) is 19.0. The zero-order chi connectivity index (χ0) is 29.5. The molecule has 3 aromatic rings. The molecule has 212 valence electrons.